The van der Waals surface area contributed by atoms with E-state index in [4.69, 9.17) is 4.74 Å². The zero-order valence-electron chi connectivity index (χ0n) is 10.9. The van der Waals surface area contributed by atoms with Gasteiger partial charge in [-0.2, -0.15) is 0 Å². The van der Waals surface area contributed by atoms with E-state index in [-0.39, 0.29) is 5.78 Å². The topological polar surface area (TPSA) is 51.2 Å². The van der Waals surface area contributed by atoms with Gasteiger partial charge in [0.2, 0.25) is 0 Å². The summed E-state index contributed by atoms with van der Waals surface area (Å²) in [6, 6.07) is 1.74. The second-order valence-corrected chi connectivity index (χ2v) is 4.46. The summed E-state index contributed by atoms with van der Waals surface area (Å²) in [7, 11) is 1.77. The molecule has 0 aliphatic rings. The summed E-state index contributed by atoms with van der Waals surface area (Å²) in [5.41, 5.74) is -0.0247. The molecule has 17 heavy (non-hydrogen) atoms. The van der Waals surface area contributed by atoms with Crippen LogP contribution >= 0.6 is 0 Å². The van der Waals surface area contributed by atoms with Crippen molar-refractivity contribution in [3.05, 3.63) is 24.0 Å². The molecule has 1 N–H and O–H groups in total. The van der Waals surface area contributed by atoms with Crippen LogP contribution in [0.2, 0.25) is 0 Å². The third-order valence-electron chi connectivity index (χ3n) is 2.64. The van der Waals surface area contributed by atoms with Crippen LogP contribution in [0.3, 0.4) is 0 Å². The molecule has 0 radical (unpaired) electrons. The average molecular weight is 236 g/mol. The molecule has 4 heteroatoms. The first-order valence-electron chi connectivity index (χ1n) is 5.83. The van der Waals surface area contributed by atoms with Gasteiger partial charge in [-0.1, -0.05) is 6.92 Å². The van der Waals surface area contributed by atoms with Gasteiger partial charge in [0.25, 0.3) is 0 Å². The lowest BCUT2D eigenvalue weighted by Gasteiger charge is -2.22. The minimum atomic E-state index is -0.592. The Kier molecular flexibility index (Phi) is 4.63. The third-order valence-corrected chi connectivity index (χ3v) is 2.64. The van der Waals surface area contributed by atoms with Gasteiger partial charge in [0.1, 0.15) is 5.75 Å². The maximum Gasteiger partial charge on any atom is 0.183 e. The Morgan fingerprint density at radius 1 is 1.47 bits per heavy atom. The molecule has 1 rings (SSSR count). The maximum atomic E-state index is 12.2. The molecule has 0 unspecified atom stereocenters. The van der Waals surface area contributed by atoms with E-state index in [1.807, 2.05) is 20.8 Å². The van der Waals surface area contributed by atoms with E-state index < -0.39 is 5.54 Å². The van der Waals surface area contributed by atoms with Crippen LogP contribution in [-0.2, 0) is 0 Å². The van der Waals surface area contributed by atoms with Crippen LogP contribution in [0.5, 0.6) is 5.75 Å². The van der Waals surface area contributed by atoms with E-state index in [9.17, 15) is 4.79 Å². The predicted octanol–water partition coefficient (Wildman–Crippen LogP) is 2.05. The van der Waals surface area contributed by atoms with Crippen LogP contribution in [0.25, 0.3) is 0 Å². The van der Waals surface area contributed by atoms with Gasteiger partial charge in [0.15, 0.2) is 5.78 Å². The van der Waals surface area contributed by atoms with Crippen molar-refractivity contribution in [2.75, 3.05) is 13.7 Å². The van der Waals surface area contributed by atoms with Crippen molar-refractivity contribution in [2.45, 2.75) is 32.7 Å². The Hall–Kier alpha value is -1.42. The smallest absolute Gasteiger partial charge is 0.183 e. The normalized spacial score (nSPS) is 11.3. The number of rotatable bonds is 6. The second kappa shape index (κ2) is 5.77. The number of hydrogen-bond donors (Lipinski definition) is 1. The van der Waals surface area contributed by atoms with Gasteiger partial charge in [0.05, 0.1) is 18.3 Å². The van der Waals surface area contributed by atoms with Gasteiger partial charge in [-0.25, -0.2) is 0 Å². The number of nitrogens with zero attached hydrogens (tertiary/aromatic N) is 1. The summed E-state index contributed by atoms with van der Waals surface area (Å²) in [5.74, 6) is 0.652. The molecule has 0 aromatic carbocycles. The monoisotopic (exact) mass is 236 g/mol. The van der Waals surface area contributed by atoms with Gasteiger partial charge in [-0.15, -0.1) is 0 Å². The van der Waals surface area contributed by atoms with Crippen LogP contribution in [-0.4, -0.2) is 30.0 Å². The van der Waals surface area contributed by atoms with Crippen LogP contribution in [0, 0.1) is 0 Å². The first kappa shape index (κ1) is 13.6. The van der Waals surface area contributed by atoms with Crippen molar-refractivity contribution in [3.8, 4) is 5.75 Å². The fourth-order valence-corrected chi connectivity index (χ4v) is 1.32. The Balaban J connectivity index is 2.88. The number of pyridine rings is 1. The number of ketones is 1. The molecule has 0 atom stereocenters. The van der Waals surface area contributed by atoms with Crippen molar-refractivity contribution >= 4 is 5.78 Å². The zero-order chi connectivity index (χ0) is 12.9. The highest BCUT2D eigenvalue weighted by atomic mass is 16.5. The highest BCUT2D eigenvalue weighted by molar-refractivity contribution is 6.02. The van der Waals surface area contributed by atoms with Crippen molar-refractivity contribution in [3.63, 3.8) is 0 Å². The number of hydrogen-bond acceptors (Lipinski definition) is 4. The fourth-order valence-electron chi connectivity index (χ4n) is 1.32. The van der Waals surface area contributed by atoms with Crippen molar-refractivity contribution in [2.24, 2.45) is 0 Å². The molecule has 4 nitrogen and oxygen atoms in total. The molecular weight excluding hydrogens is 216 g/mol. The van der Waals surface area contributed by atoms with Gasteiger partial charge in [-0.05, 0) is 33.4 Å². The highest BCUT2D eigenvalue weighted by Crippen LogP contribution is 2.16. The number of aromatic nitrogens is 1. The minimum Gasteiger partial charge on any atom is -0.492 e. The molecule has 0 spiro atoms. The van der Waals surface area contributed by atoms with E-state index in [1.165, 1.54) is 0 Å². The maximum absolute atomic E-state index is 12.2. The Morgan fingerprint density at radius 3 is 2.76 bits per heavy atom. The zero-order valence-corrected chi connectivity index (χ0v) is 10.9. The highest BCUT2D eigenvalue weighted by Gasteiger charge is 2.26. The molecule has 1 aromatic rings. The molecule has 0 bridgehead atoms. The summed E-state index contributed by atoms with van der Waals surface area (Å²) in [6.45, 7) is 6.35. The number of carbonyl (C=O) groups excluding carboxylic acids is 1. The van der Waals surface area contributed by atoms with Crippen LogP contribution in [0.4, 0.5) is 0 Å². The molecule has 1 aromatic heterocycles. The molecule has 0 saturated carbocycles. The first-order valence-corrected chi connectivity index (χ1v) is 5.83. The molecule has 0 aliphatic heterocycles. The summed E-state index contributed by atoms with van der Waals surface area (Å²) in [5, 5.41) is 2.98. The van der Waals surface area contributed by atoms with Crippen LogP contribution in [0.1, 0.15) is 37.6 Å². The Labute approximate surface area is 102 Å². The van der Waals surface area contributed by atoms with Crippen LogP contribution < -0.4 is 10.1 Å². The van der Waals surface area contributed by atoms with E-state index in [0.717, 1.165) is 6.42 Å². The van der Waals surface area contributed by atoms with E-state index >= 15 is 0 Å². The summed E-state index contributed by atoms with van der Waals surface area (Å²) >= 11 is 0. The van der Waals surface area contributed by atoms with E-state index in [1.54, 1.807) is 25.5 Å². The Morgan fingerprint density at radius 2 is 2.18 bits per heavy atom. The quantitative estimate of drug-likeness (QED) is 0.768. The van der Waals surface area contributed by atoms with E-state index in [0.29, 0.717) is 17.9 Å². The summed E-state index contributed by atoms with van der Waals surface area (Å²) in [4.78, 5) is 16.2. The second-order valence-electron chi connectivity index (χ2n) is 4.46. The molecule has 94 valence electrons. The third kappa shape index (κ3) is 3.53. The molecule has 0 aliphatic carbocycles. The van der Waals surface area contributed by atoms with Crippen molar-refractivity contribution in [1.29, 1.82) is 0 Å². The van der Waals surface area contributed by atoms with Crippen LogP contribution in [0.15, 0.2) is 18.5 Å². The molecule has 1 heterocycles. The summed E-state index contributed by atoms with van der Waals surface area (Å²) < 4.78 is 5.46. The number of Topliss-reactive ketones (excluding diaryl/α,β-unsaturated/α-hetero) is 1. The fraction of sp³-hybridized carbons (Fsp3) is 0.538. The number of ether oxygens (including phenoxy) is 1. The molecule has 0 amide bonds. The van der Waals surface area contributed by atoms with Gasteiger partial charge >= 0.3 is 0 Å². The van der Waals surface area contributed by atoms with Crippen molar-refractivity contribution < 1.29 is 9.53 Å². The first-order chi connectivity index (χ1) is 8.01. The Bertz CT molecular complexity index is 389. The lowest BCUT2D eigenvalue weighted by Crippen LogP contribution is -2.44. The molecule has 0 saturated heterocycles. The lowest BCUT2D eigenvalue weighted by atomic mass is 9.94. The standard InChI is InChI=1S/C13H20N2O2/c1-5-6-17-11-7-10(8-15-9-11)12(16)13(2,3)14-4/h7-9,14H,5-6H2,1-4H3. The predicted molar refractivity (Wildman–Crippen MR) is 67.5 cm³/mol. The SMILES string of the molecule is CCCOc1cncc(C(=O)C(C)(C)NC)c1. The largest absolute Gasteiger partial charge is 0.492 e. The molecular formula is C13H20N2O2. The number of carbonyl (C=O) groups is 1. The van der Waals surface area contributed by atoms with E-state index in [2.05, 4.69) is 10.3 Å². The lowest BCUT2D eigenvalue weighted by molar-refractivity contribution is 0.0888. The van der Waals surface area contributed by atoms with Gasteiger partial charge < -0.3 is 10.1 Å². The average Bonchev–Trinajstić information content (AvgIpc) is 2.35. The number of nitrogens with one attached hydrogen (secondary N) is 1. The summed E-state index contributed by atoms with van der Waals surface area (Å²) in [6.07, 6.45) is 4.12. The van der Waals surface area contributed by atoms with Gasteiger partial charge in [-0.3, -0.25) is 9.78 Å². The minimum absolute atomic E-state index is 0.00875. The van der Waals surface area contributed by atoms with Crippen molar-refractivity contribution in [1.82, 2.24) is 10.3 Å². The molecule has 0 fully saturated rings. The van der Waals surface area contributed by atoms with Gasteiger partial charge in [0, 0.05) is 11.8 Å². The number of likely N-dealkylation sites (N-methyl/N-ethyl adjacent to an activating group) is 1.